The lowest BCUT2D eigenvalue weighted by atomic mass is 10.2. The number of nitrogens with zero attached hydrogens (tertiary/aromatic N) is 5. The van der Waals surface area contributed by atoms with Gasteiger partial charge in [-0.1, -0.05) is 20.4 Å². The number of aromatic nitrogens is 4. The predicted octanol–water partition coefficient (Wildman–Crippen LogP) is 3.13. The summed E-state index contributed by atoms with van der Waals surface area (Å²) < 4.78 is 3.32. The fourth-order valence-electron chi connectivity index (χ4n) is 2.43. The monoisotopic (exact) mass is 309 g/mol. The van der Waals surface area contributed by atoms with E-state index in [1.54, 1.807) is 0 Å². The first-order valence-electron chi connectivity index (χ1n) is 7.16. The summed E-state index contributed by atoms with van der Waals surface area (Å²) in [5.41, 5.74) is 1.70. The van der Waals surface area contributed by atoms with Crippen LogP contribution in [-0.2, 0) is 6.54 Å². The number of carboxylic acid groups (broad SMARTS) is 1. The Morgan fingerprint density at radius 1 is 1.43 bits per heavy atom. The van der Waals surface area contributed by atoms with E-state index in [2.05, 4.69) is 28.9 Å². The van der Waals surface area contributed by atoms with E-state index >= 15 is 0 Å². The second-order valence-corrected chi connectivity index (χ2v) is 5.69. The van der Waals surface area contributed by atoms with Crippen LogP contribution in [0.15, 0.2) is 30.6 Å². The lowest BCUT2D eigenvalue weighted by Crippen LogP contribution is -2.05. The van der Waals surface area contributed by atoms with Crippen molar-refractivity contribution < 1.29 is 9.90 Å². The topological polar surface area (TPSA) is 77.3 Å². The van der Waals surface area contributed by atoms with Crippen LogP contribution in [0.25, 0.3) is 21.4 Å². The van der Waals surface area contributed by atoms with Crippen LogP contribution in [0.5, 0.6) is 0 Å². The Bertz CT molecular complexity index is 930. The number of hydrogen-bond acceptors (Lipinski definition) is 3. The summed E-state index contributed by atoms with van der Waals surface area (Å²) in [5, 5.41) is 18.1. The highest BCUT2D eigenvalue weighted by atomic mass is 16.4. The summed E-state index contributed by atoms with van der Waals surface area (Å²) in [4.78, 5) is 14.4. The molecule has 0 unspecified atom stereocenters. The average molecular weight is 309 g/mol. The van der Waals surface area contributed by atoms with Gasteiger partial charge in [0.2, 0.25) is 0 Å². The van der Waals surface area contributed by atoms with Gasteiger partial charge in [0, 0.05) is 11.6 Å². The molecule has 0 fully saturated rings. The van der Waals surface area contributed by atoms with Crippen molar-refractivity contribution in [2.45, 2.75) is 20.4 Å². The fraction of sp³-hybridized carbons (Fsp3) is 0.250. The molecule has 3 rings (SSSR count). The normalized spacial score (nSPS) is 11.0. The van der Waals surface area contributed by atoms with Crippen molar-refractivity contribution in [2.24, 2.45) is 5.92 Å². The molecule has 2 aromatic heterocycles. The zero-order valence-corrected chi connectivity index (χ0v) is 12.8. The molecule has 0 amide bonds. The molecular weight excluding hydrogens is 294 g/mol. The van der Waals surface area contributed by atoms with Crippen LogP contribution in [0.4, 0.5) is 5.82 Å². The first kappa shape index (κ1) is 14.8. The molecule has 0 aliphatic rings. The maximum Gasteiger partial charge on any atom is 0.338 e. The molecule has 0 aliphatic carbocycles. The Labute approximate surface area is 132 Å². The van der Waals surface area contributed by atoms with Gasteiger partial charge in [0.25, 0.3) is 0 Å². The maximum absolute atomic E-state index is 11.0. The molecule has 0 radical (unpaired) electrons. The molecule has 0 atom stereocenters. The number of carboxylic acids is 1. The van der Waals surface area contributed by atoms with E-state index in [1.165, 1.54) is 17.1 Å². The fourth-order valence-corrected chi connectivity index (χ4v) is 2.43. The highest BCUT2D eigenvalue weighted by molar-refractivity contribution is 5.92. The Morgan fingerprint density at radius 2 is 2.22 bits per heavy atom. The zero-order valence-electron chi connectivity index (χ0n) is 12.8. The number of rotatable bonds is 4. The van der Waals surface area contributed by atoms with Crippen LogP contribution in [0.2, 0.25) is 0 Å². The lowest BCUT2D eigenvalue weighted by molar-refractivity contribution is 0.0697. The number of benzene rings is 1. The molecule has 0 spiro atoms. The number of carbonyl (C=O) groups is 1. The first-order valence-corrected chi connectivity index (χ1v) is 7.16. The van der Waals surface area contributed by atoms with Gasteiger partial charge in [-0.15, -0.1) is 0 Å². The summed E-state index contributed by atoms with van der Waals surface area (Å²) >= 11 is 0. The van der Waals surface area contributed by atoms with Gasteiger partial charge >= 0.3 is 11.8 Å². The van der Waals surface area contributed by atoms with Gasteiger partial charge in [0.1, 0.15) is 0 Å². The predicted molar refractivity (Wildman–Crippen MR) is 84.9 cm³/mol. The molecule has 7 heteroatoms. The largest absolute Gasteiger partial charge is 0.478 e. The molecule has 3 aromatic rings. The highest BCUT2D eigenvalue weighted by Crippen LogP contribution is 2.28. The second kappa shape index (κ2) is 5.57. The second-order valence-electron chi connectivity index (χ2n) is 5.69. The number of fused-ring (bicyclic) bond motifs is 1. The number of aromatic carboxylic acids is 1. The van der Waals surface area contributed by atoms with Crippen LogP contribution < -0.4 is 0 Å². The van der Waals surface area contributed by atoms with Gasteiger partial charge in [-0.05, 0) is 29.2 Å². The smallest absolute Gasteiger partial charge is 0.338 e. The molecule has 116 valence electrons. The minimum atomic E-state index is -1.02. The van der Waals surface area contributed by atoms with Crippen molar-refractivity contribution in [1.29, 1.82) is 0 Å². The third-order valence-electron chi connectivity index (χ3n) is 3.45. The van der Waals surface area contributed by atoms with Gasteiger partial charge in [0.05, 0.1) is 29.5 Å². The summed E-state index contributed by atoms with van der Waals surface area (Å²) in [6.45, 7) is 12.2. The number of hydrogen-bond donors (Lipinski definition) is 1. The van der Waals surface area contributed by atoms with Gasteiger partial charge in [-0.25, -0.2) is 9.48 Å². The van der Waals surface area contributed by atoms with E-state index in [1.807, 2.05) is 22.9 Å². The van der Waals surface area contributed by atoms with Crippen LogP contribution in [0.1, 0.15) is 24.2 Å². The minimum absolute atomic E-state index is 0.117. The molecule has 1 aromatic carbocycles. The summed E-state index contributed by atoms with van der Waals surface area (Å²) in [6.07, 6.45) is 2.74. The van der Waals surface area contributed by atoms with Gasteiger partial charge in [-0.2, -0.15) is 9.78 Å². The minimum Gasteiger partial charge on any atom is -0.478 e. The molecule has 1 N–H and O–H groups in total. The molecule has 23 heavy (non-hydrogen) atoms. The van der Waals surface area contributed by atoms with Crippen molar-refractivity contribution >= 4 is 22.7 Å². The van der Waals surface area contributed by atoms with Gasteiger partial charge in [0.15, 0.2) is 0 Å². The van der Waals surface area contributed by atoms with E-state index in [9.17, 15) is 4.79 Å². The Kier molecular flexibility index (Phi) is 3.58. The van der Waals surface area contributed by atoms with Gasteiger partial charge in [-0.3, -0.25) is 0 Å². The van der Waals surface area contributed by atoms with E-state index in [0.717, 1.165) is 17.4 Å². The average Bonchev–Trinajstić information content (AvgIpc) is 3.11. The van der Waals surface area contributed by atoms with Crippen molar-refractivity contribution in [2.75, 3.05) is 0 Å². The molecule has 0 aliphatic heterocycles. The van der Waals surface area contributed by atoms with E-state index < -0.39 is 5.97 Å². The quantitative estimate of drug-likeness (QED) is 0.751. The lowest BCUT2D eigenvalue weighted by Gasteiger charge is -2.05. The molecule has 2 heterocycles. The Balaban J connectivity index is 2.11. The first-order chi connectivity index (χ1) is 11.0. The SMILES string of the molecule is [C-]#[N+]c1nn(CC(C)C)c2ccc(-n3cc(C(=O)O)cn3)cc12. The van der Waals surface area contributed by atoms with Crippen LogP contribution in [0.3, 0.4) is 0 Å². The standard InChI is InChI=1S/C16H15N5O2/c1-10(2)8-21-14-5-4-12(6-13(14)15(17-3)19-21)20-9-11(7-18-20)16(22)23/h4-7,9-10H,8H2,1-2H3,(H,22,23). The van der Waals surface area contributed by atoms with Gasteiger partial charge < -0.3 is 9.95 Å². The van der Waals surface area contributed by atoms with Crippen molar-refractivity contribution in [3.63, 3.8) is 0 Å². The van der Waals surface area contributed by atoms with Crippen molar-refractivity contribution in [1.82, 2.24) is 19.6 Å². The van der Waals surface area contributed by atoms with Crippen LogP contribution in [0, 0.1) is 12.5 Å². The van der Waals surface area contributed by atoms with Crippen molar-refractivity contribution in [3.05, 3.63) is 47.6 Å². The Hall–Kier alpha value is -3.14. The molecule has 0 bridgehead atoms. The summed E-state index contributed by atoms with van der Waals surface area (Å²) in [7, 11) is 0. The summed E-state index contributed by atoms with van der Waals surface area (Å²) in [5.74, 6) is -0.266. The Morgan fingerprint density at radius 3 is 2.83 bits per heavy atom. The maximum atomic E-state index is 11.0. The molecule has 0 saturated carbocycles. The van der Waals surface area contributed by atoms with Crippen LogP contribution >= 0.6 is 0 Å². The zero-order chi connectivity index (χ0) is 16.6. The van der Waals surface area contributed by atoms with Crippen LogP contribution in [-0.4, -0.2) is 30.6 Å². The molecule has 0 saturated heterocycles. The van der Waals surface area contributed by atoms with E-state index in [0.29, 0.717) is 17.4 Å². The van der Waals surface area contributed by atoms with E-state index in [4.69, 9.17) is 11.7 Å². The third kappa shape index (κ3) is 2.66. The molecular formula is C16H15N5O2. The van der Waals surface area contributed by atoms with Crippen molar-refractivity contribution in [3.8, 4) is 5.69 Å². The highest BCUT2D eigenvalue weighted by Gasteiger charge is 2.15. The summed E-state index contributed by atoms with van der Waals surface area (Å²) in [6, 6.07) is 5.54. The third-order valence-corrected chi connectivity index (χ3v) is 3.45. The van der Waals surface area contributed by atoms with E-state index in [-0.39, 0.29) is 5.56 Å². The molecule has 7 nitrogen and oxygen atoms in total.